The molecule has 8 heteroatoms. The Morgan fingerprint density at radius 1 is 1.53 bits per heavy atom. The second-order valence-electron chi connectivity index (χ2n) is 3.32. The zero-order valence-electron chi connectivity index (χ0n) is 8.47. The van der Waals surface area contributed by atoms with Crippen molar-refractivity contribution in [3.05, 3.63) is 0 Å². The lowest BCUT2D eigenvalue weighted by Crippen LogP contribution is -2.49. The average Bonchev–Trinajstić information content (AvgIpc) is 2.01. The number of nitrogens with two attached hydrogens (primary N) is 3. The zero-order valence-corrected chi connectivity index (χ0v) is 9.29. The fraction of sp³-hybridized carbons (Fsp3) is 0.714. The van der Waals surface area contributed by atoms with Crippen LogP contribution in [-0.4, -0.2) is 44.8 Å². The molecule has 0 saturated heterocycles. The summed E-state index contributed by atoms with van der Waals surface area (Å²) in [5.41, 5.74) is 14.1. The highest BCUT2D eigenvalue weighted by atomic mass is 32.2. The van der Waals surface area contributed by atoms with E-state index in [2.05, 4.69) is 4.99 Å². The van der Waals surface area contributed by atoms with Gasteiger partial charge in [0, 0.05) is 16.6 Å². The number of carboxylic acid groups (broad SMARTS) is 1. The number of aliphatic carboxylic acids is 1. The molecular formula is C7H16N4O3S. The van der Waals surface area contributed by atoms with Crippen LogP contribution in [0, 0.1) is 0 Å². The van der Waals surface area contributed by atoms with Crippen molar-refractivity contribution >= 4 is 22.7 Å². The third-order valence-corrected chi connectivity index (χ3v) is 3.12. The predicted molar refractivity (Wildman–Crippen MR) is 58.8 cm³/mol. The van der Waals surface area contributed by atoms with Crippen LogP contribution in [0.4, 0.5) is 0 Å². The number of carboxylic acids is 1. The topological polar surface area (TPSA) is 145 Å². The normalized spacial score (nSPS) is 16.4. The van der Waals surface area contributed by atoms with Crippen molar-refractivity contribution in [2.45, 2.75) is 12.5 Å². The van der Waals surface area contributed by atoms with Gasteiger partial charge in [-0.15, -0.1) is 0 Å². The Balaban J connectivity index is 4.05. The van der Waals surface area contributed by atoms with E-state index in [1.807, 2.05) is 0 Å². The summed E-state index contributed by atoms with van der Waals surface area (Å²) >= 11 is 0. The minimum absolute atomic E-state index is 0.0826. The molecular weight excluding hydrogens is 220 g/mol. The van der Waals surface area contributed by atoms with Crippen molar-refractivity contribution in [2.24, 2.45) is 22.2 Å². The van der Waals surface area contributed by atoms with E-state index in [1.54, 1.807) is 0 Å². The second kappa shape index (κ2) is 5.66. The molecule has 0 rings (SSSR count). The first kappa shape index (κ1) is 13.8. The van der Waals surface area contributed by atoms with Gasteiger partial charge in [-0.05, 0) is 6.92 Å². The van der Waals surface area contributed by atoms with Gasteiger partial charge < -0.3 is 22.3 Å². The molecule has 0 aliphatic heterocycles. The summed E-state index contributed by atoms with van der Waals surface area (Å²) in [6.07, 6.45) is 0. The number of rotatable bonds is 6. The van der Waals surface area contributed by atoms with Crippen molar-refractivity contribution in [1.29, 1.82) is 0 Å². The quantitative estimate of drug-likeness (QED) is 0.304. The van der Waals surface area contributed by atoms with Gasteiger partial charge in [-0.3, -0.25) is 14.0 Å². The first-order chi connectivity index (χ1) is 6.75. The van der Waals surface area contributed by atoms with Crippen molar-refractivity contribution in [2.75, 3.05) is 18.1 Å². The van der Waals surface area contributed by atoms with Gasteiger partial charge in [-0.2, -0.15) is 0 Å². The molecule has 0 bridgehead atoms. The van der Waals surface area contributed by atoms with E-state index in [9.17, 15) is 9.00 Å². The molecule has 0 amide bonds. The van der Waals surface area contributed by atoms with E-state index < -0.39 is 22.3 Å². The summed E-state index contributed by atoms with van der Waals surface area (Å²) in [6.45, 7) is 1.51. The van der Waals surface area contributed by atoms with Gasteiger partial charge >= 0.3 is 5.97 Å². The molecule has 7 N–H and O–H groups in total. The fourth-order valence-corrected chi connectivity index (χ4v) is 1.98. The third-order valence-electron chi connectivity index (χ3n) is 1.56. The number of aliphatic imine (C=N–C) groups is 1. The standard InChI is InChI=1S/C7H16N4O3S/c1-7(10,5(12)13)4-15(14)3-2-11-6(8)9/h2-4,10H2,1H3,(H,12,13)(H4,8,9,11)/t7-,15?/m0/s1. The smallest absolute Gasteiger partial charge is 0.324 e. The number of hydrogen-bond acceptors (Lipinski definition) is 4. The Morgan fingerprint density at radius 3 is 2.47 bits per heavy atom. The molecule has 88 valence electrons. The maximum Gasteiger partial charge on any atom is 0.324 e. The molecule has 0 saturated carbocycles. The summed E-state index contributed by atoms with van der Waals surface area (Å²) in [5.74, 6) is -1.20. The van der Waals surface area contributed by atoms with E-state index in [0.717, 1.165) is 0 Å². The Kier molecular flexibility index (Phi) is 5.23. The van der Waals surface area contributed by atoms with Gasteiger partial charge in [-0.1, -0.05) is 0 Å². The highest BCUT2D eigenvalue weighted by Gasteiger charge is 2.29. The molecule has 15 heavy (non-hydrogen) atoms. The SMILES string of the molecule is C[C@](N)(CS(=O)CCN=C(N)N)C(=O)O. The van der Waals surface area contributed by atoms with Gasteiger partial charge in [0.15, 0.2) is 5.96 Å². The molecule has 0 heterocycles. The van der Waals surface area contributed by atoms with Crippen LogP contribution in [0.25, 0.3) is 0 Å². The molecule has 0 aliphatic rings. The van der Waals surface area contributed by atoms with Crippen LogP contribution in [-0.2, 0) is 15.6 Å². The Bertz CT molecular complexity index is 286. The van der Waals surface area contributed by atoms with Gasteiger partial charge in [0.05, 0.1) is 12.3 Å². The lowest BCUT2D eigenvalue weighted by Gasteiger charge is -2.17. The van der Waals surface area contributed by atoms with Crippen LogP contribution in [0.15, 0.2) is 4.99 Å². The van der Waals surface area contributed by atoms with E-state index in [-0.39, 0.29) is 24.0 Å². The van der Waals surface area contributed by atoms with Crippen LogP contribution in [0.3, 0.4) is 0 Å². The van der Waals surface area contributed by atoms with E-state index in [0.29, 0.717) is 0 Å². The molecule has 0 aliphatic carbocycles. The van der Waals surface area contributed by atoms with Crippen LogP contribution < -0.4 is 17.2 Å². The van der Waals surface area contributed by atoms with E-state index in [1.165, 1.54) is 6.92 Å². The van der Waals surface area contributed by atoms with Crippen molar-refractivity contribution in [1.82, 2.24) is 0 Å². The maximum absolute atomic E-state index is 11.4. The molecule has 1 unspecified atom stereocenters. The van der Waals surface area contributed by atoms with Crippen molar-refractivity contribution < 1.29 is 14.1 Å². The Hall–Kier alpha value is -1.15. The monoisotopic (exact) mass is 236 g/mol. The average molecular weight is 236 g/mol. The number of hydrogen-bond donors (Lipinski definition) is 4. The molecule has 0 spiro atoms. The number of nitrogens with zero attached hydrogens (tertiary/aromatic N) is 1. The fourth-order valence-electron chi connectivity index (χ4n) is 0.745. The second-order valence-corrected chi connectivity index (χ2v) is 4.89. The van der Waals surface area contributed by atoms with Crippen LogP contribution in [0.2, 0.25) is 0 Å². The molecule has 0 fully saturated rings. The van der Waals surface area contributed by atoms with Gasteiger partial charge in [0.1, 0.15) is 5.54 Å². The highest BCUT2D eigenvalue weighted by molar-refractivity contribution is 7.85. The predicted octanol–water partition coefficient (Wildman–Crippen LogP) is -2.19. The largest absolute Gasteiger partial charge is 0.480 e. The first-order valence-corrected chi connectivity index (χ1v) is 5.67. The number of carbonyl (C=O) groups is 1. The molecule has 0 radical (unpaired) electrons. The van der Waals surface area contributed by atoms with Gasteiger partial charge in [0.25, 0.3) is 0 Å². The summed E-state index contributed by atoms with van der Waals surface area (Å²) in [6, 6.07) is 0. The van der Waals surface area contributed by atoms with Gasteiger partial charge in [-0.25, -0.2) is 0 Å². The summed E-state index contributed by atoms with van der Waals surface area (Å²) in [5, 5.41) is 8.68. The van der Waals surface area contributed by atoms with Gasteiger partial charge in [0.2, 0.25) is 0 Å². The summed E-state index contributed by atoms with van der Waals surface area (Å²) in [4.78, 5) is 14.2. The van der Waals surface area contributed by atoms with E-state index in [4.69, 9.17) is 22.3 Å². The molecule has 0 aromatic carbocycles. The molecule has 0 aromatic rings. The highest BCUT2D eigenvalue weighted by Crippen LogP contribution is 2.02. The van der Waals surface area contributed by atoms with Crippen LogP contribution >= 0.6 is 0 Å². The lowest BCUT2D eigenvalue weighted by atomic mass is 10.1. The lowest BCUT2D eigenvalue weighted by molar-refractivity contribution is -0.141. The minimum Gasteiger partial charge on any atom is -0.480 e. The van der Waals surface area contributed by atoms with E-state index >= 15 is 0 Å². The van der Waals surface area contributed by atoms with Crippen LogP contribution in [0.5, 0.6) is 0 Å². The Labute approximate surface area is 90.2 Å². The van der Waals surface area contributed by atoms with Crippen molar-refractivity contribution in [3.8, 4) is 0 Å². The summed E-state index contributed by atoms with van der Waals surface area (Å²) in [7, 11) is -1.35. The third kappa shape index (κ3) is 6.02. The molecule has 2 atom stereocenters. The zero-order chi connectivity index (χ0) is 12.1. The molecule has 7 nitrogen and oxygen atoms in total. The summed E-state index contributed by atoms with van der Waals surface area (Å²) < 4.78 is 11.4. The minimum atomic E-state index is -1.48. The Morgan fingerprint density at radius 2 is 2.07 bits per heavy atom. The molecule has 0 aromatic heterocycles. The number of guanidine groups is 1. The maximum atomic E-state index is 11.4. The van der Waals surface area contributed by atoms with Crippen molar-refractivity contribution in [3.63, 3.8) is 0 Å². The first-order valence-electron chi connectivity index (χ1n) is 4.18. The van der Waals surface area contributed by atoms with Crippen LogP contribution in [0.1, 0.15) is 6.92 Å².